The van der Waals surface area contributed by atoms with Crippen molar-refractivity contribution in [1.29, 1.82) is 0 Å². The highest BCUT2D eigenvalue weighted by atomic mass is 35.5. The van der Waals surface area contributed by atoms with E-state index in [-0.39, 0.29) is 23.2 Å². The van der Waals surface area contributed by atoms with Gasteiger partial charge < -0.3 is 15.3 Å². The first-order chi connectivity index (χ1) is 16.4. The lowest BCUT2D eigenvalue weighted by Gasteiger charge is -2.20. The van der Waals surface area contributed by atoms with Gasteiger partial charge in [-0.2, -0.15) is 0 Å². The molecular formula is C27H26Cl2N2O3. The minimum atomic E-state index is -0.307. The molecule has 0 unspecified atom stereocenters. The highest BCUT2D eigenvalue weighted by Crippen LogP contribution is 2.34. The molecule has 0 spiro atoms. The van der Waals surface area contributed by atoms with E-state index in [1.165, 1.54) is 0 Å². The Hall–Kier alpha value is -2.83. The van der Waals surface area contributed by atoms with Gasteiger partial charge in [0.25, 0.3) is 0 Å². The highest BCUT2D eigenvalue weighted by Gasteiger charge is 2.25. The Morgan fingerprint density at radius 2 is 1.82 bits per heavy atom. The summed E-state index contributed by atoms with van der Waals surface area (Å²) < 4.78 is 6.19. The number of furan rings is 1. The van der Waals surface area contributed by atoms with E-state index in [1.54, 1.807) is 18.2 Å². The molecule has 0 aliphatic rings. The van der Waals surface area contributed by atoms with E-state index < -0.39 is 0 Å². The molecule has 0 saturated heterocycles. The Morgan fingerprint density at radius 3 is 2.53 bits per heavy atom. The van der Waals surface area contributed by atoms with Crippen molar-refractivity contribution < 1.29 is 14.3 Å². The molecule has 3 N–H and O–H groups in total. The zero-order valence-corrected chi connectivity index (χ0v) is 20.4. The molecule has 0 fully saturated rings. The molecule has 7 heteroatoms. The first-order valence-corrected chi connectivity index (χ1v) is 11.9. The maximum absolute atomic E-state index is 13.6. The van der Waals surface area contributed by atoms with Crippen LogP contribution in [0.15, 0.2) is 65.1 Å². The third kappa shape index (κ3) is 5.13. The van der Waals surface area contributed by atoms with Gasteiger partial charge in [-0.25, -0.2) is 0 Å². The summed E-state index contributed by atoms with van der Waals surface area (Å²) in [6.45, 7) is 3.85. The maximum atomic E-state index is 13.6. The van der Waals surface area contributed by atoms with Crippen molar-refractivity contribution in [2.45, 2.75) is 19.9 Å². The lowest BCUT2D eigenvalue weighted by atomic mass is 10.0. The molecular weight excluding hydrogens is 471 g/mol. The average Bonchev–Trinajstić information content (AvgIpc) is 3.16. The lowest BCUT2D eigenvalue weighted by Crippen LogP contribution is -2.27. The molecule has 1 aromatic heterocycles. The fourth-order valence-electron chi connectivity index (χ4n) is 4.14. The number of nitrogen functional groups attached to an aromatic ring is 1. The second kappa shape index (κ2) is 10.6. The van der Waals surface area contributed by atoms with E-state index in [0.29, 0.717) is 34.9 Å². The monoisotopic (exact) mass is 496 g/mol. The van der Waals surface area contributed by atoms with Crippen molar-refractivity contribution in [3.63, 3.8) is 0 Å². The number of hydrogen-bond acceptors (Lipinski definition) is 5. The van der Waals surface area contributed by atoms with Crippen LogP contribution in [0.4, 0.5) is 5.69 Å². The average molecular weight is 497 g/mol. The van der Waals surface area contributed by atoms with Crippen molar-refractivity contribution in [3.05, 3.63) is 87.6 Å². The number of ketones is 1. The van der Waals surface area contributed by atoms with Gasteiger partial charge in [0.05, 0.1) is 11.6 Å². The number of carbonyl (C=O) groups is 1. The number of rotatable bonds is 9. The molecule has 0 aliphatic heterocycles. The second-order valence-corrected chi connectivity index (χ2v) is 9.04. The van der Waals surface area contributed by atoms with Gasteiger partial charge in [0.2, 0.25) is 5.78 Å². The molecule has 0 aliphatic carbocycles. The number of carbonyl (C=O) groups excluding carboxylic acids is 1. The molecule has 176 valence electrons. The standard InChI is InChI=1S/C27H26Cl2N2O3/c1-2-10-31(11-12-32)16-23-21-8-6-18(17-4-3-5-20(30)13-17)14-25(21)34-27(23)26(33)22-9-7-19(28)15-24(22)29/h3-9,13-15,32H,2,10-12,16,30H2,1H3. The molecule has 4 rings (SSSR count). The van der Waals surface area contributed by atoms with E-state index in [2.05, 4.69) is 11.8 Å². The molecule has 34 heavy (non-hydrogen) atoms. The fourth-order valence-corrected chi connectivity index (χ4v) is 4.63. The molecule has 0 saturated carbocycles. The minimum Gasteiger partial charge on any atom is -0.452 e. The van der Waals surface area contributed by atoms with Crippen LogP contribution in [0, 0.1) is 0 Å². The van der Waals surface area contributed by atoms with Crippen LogP contribution in [0.5, 0.6) is 0 Å². The summed E-state index contributed by atoms with van der Waals surface area (Å²) in [7, 11) is 0. The molecule has 0 atom stereocenters. The summed E-state index contributed by atoms with van der Waals surface area (Å²) in [5.41, 5.74) is 10.2. The van der Waals surface area contributed by atoms with Gasteiger partial charge in [0.1, 0.15) is 5.58 Å². The van der Waals surface area contributed by atoms with Crippen molar-refractivity contribution in [2.24, 2.45) is 0 Å². The summed E-state index contributed by atoms with van der Waals surface area (Å²) in [5, 5.41) is 11.1. The number of aliphatic hydroxyl groups is 1. The molecule has 0 radical (unpaired) electrons. The summed E-state index contributed by atoms with van der Waals surface area (Å²) in [5.74, 6) is -0.0678. The largest absolute Gasteiger partial charge is 0.452 e. The molecule has 1 heterocycles. The lowest BCUT2D eigenvalue weighted by molar-refractivity contribution is 0.101. The normalized spacial score (nSPS) is 11.4. The molecule has 0 amide bonds. The summed E-state index contributed by atoms with van der Waals surface area (Å²) in [6, 6.07) is 18.3. The fraction of sp³-hybridized carbons (Fsp3) is 0.222. The molecule has 3 aromatic carbocycles. The van der Waals surface area contributed by atoms with Gasteiger partial charge in [-0.1, -0.05) is 54.4 Å². The number of aliphatic hydroxyl groups excluding tert-OH is 1. The van der Waals surface area contributed by atoms with Gasteiger partial charge in [-0.3, -0.25) is 9.69 Å². The Bertz CT molecular complexity index is 1330. The topological polar surface area (TPSA) is 79.7 Å². The van der Waals surface area contributed by atoms with Crippen LogP contribution in [-0.4, -0.2) is 35.5 Å². The SMILES string of the molecule is CCCN(CCO)Cc1c(C(=O)c2ccc(Cl)cc2Cl)oc2cc(-c3cccc(N)c3)ccc12. The number of benzene rings is 3. The van der Waals surface area contributed by atoms with Crippen LogP contribution in [-0.2, 0) is 6.54 Å². The van der Waals surface area contributed by atoms with Gasteiger partial charge in [0, 0.05) is 40.3 Å². The summed E-state index contributed by atoms with van der Waals surface area (Å²) in [6.07, 6.45) is 0.918. The molecule has 0 bridgehead atoms. The van der Waals surface area contributed by atoms with Crippen molar-refractivity contribution in [2.75, 3.05) is 25.4 Å². The quantitative estimate of drug-likeness (QED) is 0.206. The minimum absolute atomic E-state index is 0.0294. The Balaban J connectivity index is 1.84. The van der Waals surface area contributed by atoms with E-state index in [9.17, 15) is 9.90 Å². The van der Waals surface area contributed by atoms with Crippen LogP contribution in [0.1, 0.15) is 35.0 Å². The van der Waals surface area contributed by atoms with Crippen LogP contribution in [0.3, 0.4) is 0 Å². The Kier molecular flexibility index (Phi) is 7.59. The Labute approximate surface area is 208 Å². The van der Waals surface area contributed by atoms with Crippen molar-refractivity contribution in [3.8, 4) is 11.1 Å². The van der Waals surface area contributed by atoms with E-state index >= 15 is 0 Å². The van der Waals surface area contributed by atoms with Crippen LogP contribution in [0.25, 0.3) is 22.1 Å². The summed E-state index contributed by atoms with van der Waals surface area (Å²) >= 11 is 12.4. The maximum Gasteiger partial charge on any atom is 0.230 e. The predicted molar refractivity (Wildman–Crippen MR) is 139 cm³/mol. The van der Waals surface area contributed by atoms with E-state index in [4.69, 9.17) is 33.4 Å². The van der Waals surface area contributed by atoms with E-state index in [1.807, 2.05) is 42.5 Å². The van der Waals surface area contributed by atoms with Crippen LogP contribution >= 0.6 is 23.2 Å². The number of nitrogens with zero attached hydrogens (tertiary/aromatic N) is 1. The third-order valence-corrected chi connectivity index (χ3v) is 6.28. The Morgan fingerprint density at radius 1 is 1.03 bits per heavy atom. The second-order valence-electron chi connectivity index (χ2n) is 8.20. The highest BCUT2D eigenvalue weighted by molar-refractivity contribution is 6.37. The van der Waals surface area contributed by atoms with Gasteiger partial charge in [-0.05, 0) is 60.5 Å². The zero-order valence-electron chi connectivity index (χ0n) is 18.9. The number of fused-ring (bicyclic) bond motifs is 1. The first kappa shape index (κ1) is 24.3. The van der Waals surface area contributed by atoms with Crippen molar-refractivity contribution >= 4 is 45.6 Å². The predicted octanol–water partition coefficient (Wildman–Crippen LogP) is 6.42. The molecule has 5 nitrogen and oxygen atoms in total. The van der Waals surface area contributed by atoms with Crippen molar-refractivity contribution in [1.82, 2.24) is 4.90 Å². The number of halogens is 2. The van der Waals surface area contributed by atoms with Gasteiger partial charge in [0.15, 0.2) is 5.76 Å². The zero-order chi connectivity index (χ0) is 24.2. The summed E-state index contributed by atoms with van der Waals surface area (Å²) in [4.78, 5) is 15.7. The smallest absolute Gasteiger partial charge is 0.230 e. The number of hydrogen-bond donors (Lipinski definition) is 2. The van der Waals surface area contributed by atoms with Crippen LogP contribution < -0.4 is 5.73 Å². The molecule has 4 aromatic rings. The number of nitrogens with two attached hydrogens (primary N) is 1. The number of anilines is 1. The van der Waals surface area contributed by atoms with Gasteiger partial charge >= 0.3 is 0 Å². The third-order valence-electron chi connectivity index (χ3n) is 5.73. The first-order valence-electron chi connectivity index (χ1n) is 11.2. The van der Waals surface area contributed by atoms with Crippen LogP contribution in [0.2, 0.25) is 10.0 Å². The van der Waals surface area contributed by atoms with E-state index in [0.717, 1.165) is 35.0 Å². The van der Waals surface area contributed by atoms with Gasteiger partial charge in [-0.15, -0.1) is 0 Å².